The second-order valence-electron chi connectivity index (χ2n) is 5.46. The number of phenolic OH excluding ortho intramolecular Hbond substituents is 1. The number of anilines is 1. The van der Waals surface area contributed by atoms with Crippen LogP contribution in [0.5, 0.6) is 5.75 Å². The van der Waals surface area contributed by atoms with Crippen LogP contribution in [0.1, 0.15) is 15.9 Å². The molecule has 0 aliphatic carbocycles. The SMILES string of the molecule is N#Cc1ccc(N2CCN(C(=O)c3cc(Cl)ccc3O)CC2)nc1. The number of pyridine rings is 1. The van der Waals surface area contributed by atoms with Gasteiger partial charge in [0.2, 0.25) is 0 Å². The predicted octanol–water partition coefficient (Wildman–Crippen LogP) is 2.27. The highest BCUT2D eigenvalue weighted by molar-refractivity contribution is 6.31. The predicted molar refractivity (Wildman–Crippen MR) is 90.2 cm³/mol. The van der Waals surface area contributed by atoms with Gasteiger partial charge in [0.15, 0.2) is 0 Å². The van der Waals surface area contributed by atoms with Crippen LogP contribution in [0.3, 0.4) is 0 Å². The summed E-state index contributed by atoms with van der Waals surface area (Å²) in [4.78, 5) is 20.6. The first-order valence-corrected chi connectivity index (χ1v) is 7.85. The Labute approximate surface area is 144 Å². The molecule has 1 aromatic carbocycles. The van der Waals surface area contributed by atoms with Gasteiger partial charge in [0.1, 0.15) is 17.6 Å². The number of carbonyl (C=O) groups excluding carboxylic acids is 1. The van der Waals surface area contributed by atoms with Crippen LogP contribution in [0.25, 0.3) is 0 Å². The minimum absolute atomic E-state index is 0.0689. The zero-order valence-corrected chi connectivity index (χ0v) is 13.6. The van der Waals surface area contributed by atoms with Crippen molar-refractivity contribution in [3.8, 4) is 11.8 Å². The molecular formula is C17H15ClN4O2. The second kappa shape index (κ2) is 6.77. The Morgan fingerprint density at radius 1 is 1.21 bits per heavy atom. The Bertz CT molecular complexity index is 793. The lowest BCUT2D eigenvalue weighted by Crippen LogP contribution is -2.49. The van der Waals surface area contributed by atoms with Gasteiger partial charge in [-0.15, -0.1) is 0 Å². The first kappa shape index (κ1) is 16.1. The lowest BCUT2D eigenvalue weighted by molar-refractivity contribution is 0.0743. The van der Waals surface area contributed by atoms with Gasteiger partial charge < -0.3 is 14.9 Å². The van der Waals surface area contributed by atoms with Crippen molar-refractivity contribution in [2.24, 2.45) is 0 Å². The van der Waals surface area contributed by atoms with Crippen LogP contribution in [0, 0.1) is 11.3 Å². The summed E-state index contributed by atoms with van der Waals surface area (Å²) in [5.74, 6) is 0.481. The highest BCUT2D eigenvalue weighted by Gasteiger charge is 2.24. The lowest BCUT2D eigenvalue weighted by Gasteiger charge is -2.35. The van der Waals surface area contributed by atoms with E-state index in [1.807, 2.05) is 6.07 Å². The maximum absolute atomic E-state index is 12.5. The lowest BCUT2D eigenvalue weighted by atomic mass is 10.1. The Hall–Kier alpha value is -2.78. The number of piperazine rings is 1. The van der Waals surface area contributed by atoms with Crippen LogP contribution in [0.4, 0.5) is 5.82 Å². The molecule has 0 spiro atoms. The standard InChI is InChI=1S/C17H15ClN4O2/c18-13-2-3-15(23)14(9-13)17(24)22-7-5-21(6-8-22)16-4-1-12(10-19)11-20-16/h1-4,9,11,23H,5-8H2. The number of nitrogens with zero attached hydrogens (tertiary/aromatic N) is 4. The van der Waals surface area contributed by atoms with E-state index in [1.54, 1.807) is 23.1 Å². The molecule has 1 aliphatic rings. The molecule has 0 saturated carbocycles. The first-order valence-electron chi connectivity index (χ1n) is 7.47. The van der Waals surface area contributed by atoms with E-state index in [2.05, 4.69) is 9.88 Å². The summed E-state index contributed by atoms with van der Waals surface area (Å²) in [5, 5.41) is 19.1. The Kier molecular flexibility index (Phi) is 4.54. The molecule has 0 radical (unpaired) electrons. The van der Waals surface area contributed by atoms with Crippen LogP contribution in [-0.2, 0) is 0 Å². The molecule has 1 N–H and O–H groups in total. The van der Waals surface area contributed by atoms with Crippen molar-refractivity contribution in [2.75, 3.05) is 31.1 Å². The molecule has 122 valence electrons. The van der Waals surface area contributed by atoms with Gasteiger partial charge in [-0.25, -0.2) is 4.98 Å². The Morgan fingerprint density at radius 3 is 2.58 bits per heavy atom. The number of carbonyl (C=O) groups is 1. The van der Waals surface area contributed by atoms with Gasteiger partial charge in [-0.1, -0.05) is 11.6 Å². The quantitative estimate of drug-likeness (QED) is 0.905. The summed E-state index contributed by atoms with van der Waals surface area (Å²) in [5.41, 5.74) is 0.733. The van der Waals surface area contributed by atoms with E-state index in [1.165, 1.54) is 18.3 Å². The van der Waals surface area contributed by atoms with Gasteiger partial charge >= 0.3 is 0 Å². The van der Waals surface area contributed by atoms with Crippen LogP contribution < -0.4 is 4.90 Å². The van der Waals surface area contributed by atoms with E-state index in [9.17, 15) is 9.90 Å². The number of hydrogen-bond donors (Lipinski definition) is 1. The van der Waals surface area contributed by atoms with Gasteiger partial charge in [-0.05, 0) is 30.3 Å². The molecule has 1 aliphatic heterocycles. The summed E-state index contributed by atoms with van der Waals surface area (Å²) in [6.07, 6.45) is 1.54. The molecule has 0 unspecified atom stereocenters. The third kappa shape index (κ3) is 3.26. The summed E-state index contributed by atoms with van der Waals surface area (Å²) in [6.45, 7) is 2.30. The minimum atomic E-state index is -0.234. The van der Waals surface area contributed by atoms with Crippen molar-refractivity contribution in [2.45, 2.75) is 0 Å². The first-order chi connectivity index (χ1) is 11.6. The Balaban J connectivity index is 1.67. The number of phenols is 1. The summed E-state index contributed by atoms with van der Waals surface area (Å²) >= 11 is 5.91. The molecule has 24 heavy (non-hydrogen) atoms. The monoisotopic (exact) mass is 342 g/mol. The maximum atomic E-state index is 12.5. The fourth-order valence-electron chi connectivity index (χ4n) is 2.63. The second-order valence-corrected chi connectivity index (χ2v) is 5.89. The number of nitriles is 1. The fourth-order valence-corrected chi connectivity index (χ4v) is 2.80. The number of amides is 1. The van der Waals surface area contributed by atoms with Crippen molar-refractivity contribution >= 4 is 23.3 Å². The zero-order valence-electron chi connectivity index (χ0n) is 12.8. The normalized spacial score (nSPS) is 14.3. The van der Waals surface area contributed by atoms with Crippen molar-refractivity contribution < 1.29 is 9.90 Å². The molecular weight excluding hydrogens is 328 g/mol. The van der Waals surface area contributed by atoms with Gasteiger partial charge in [0.25, 0.3) is 5.91 Å². The van der Waals surface area contributed by atoms with E-state index in [-0.39, 0.29) is 17.2 Å². The summed E-state index contributed by atoms with van der Waals surface area (Å²) < 4.78 is 0. The smallest absolute Gasteiger partial charge is 0.257 e. The average molecular weight is 343 g/mol. The highest BCUT2D eigenvalue weighted by atomic mass is 35.5. The van der Waals surface area contributed by atoms with Crippen LogP contribution in [-0.4, -0.2) is 47.1 Å². The van der Waals surface area contributed by atoms with Gasteiger partial charge in [-0.3, -0.25) is 4.79 Å². The van der Waals surface area contributed by atoms with Crippen LogP contribution in [0.15, 0.2) is 36.5 Å². The van der Waals surface area contributed by atoms with E-state index in [4.69, 9.17) is 16.9 Å². The Morgan fingerprint density at radius 2 is 1.96 bits per heavy atom. The minimum Gasteiger partial charge on any atom is -0.507 e. The van der Waals surface area contributed by atoms with E-state index >= 15 is 0 Å². The van der Waals surface area contributed by atoms with Crippen molar-refractivity contribution in [1.29, 1.82) is 5.26 Å². The molecule has 0 atom stereocenters. The van der Waals surface area contributed by atoms with Crippen LogP contribution in [0.2, 0.25) is 5.02 Å². The van der Waals surface area contributed by atoms with Crippen molar-refractivity contribution in [1.82, 2.24) is 9.88 Å². The molecule has 1 amide bonds. The zero-order chi connectivity index (χ0) is 17.1. The number of aromatic hydroxyl groups is 1. The molecule has 2 aromatic rings. The number of benzene rings is 1. The molecule has 1 fully saturated rings. The summed E-state index contributed by atoms with van der Waals surface area (Å²) in [6, 6.07) is 10.0. The van der Waals surface area contributed by atoms with E-state index < -0.39 is 0 Å². The summed E-state index contributed by atoms with van der Waals surface area (Å²) in [7, 11) is 0. The number of rotatable bonds is 2. The molecule has 2 heterocycles. The van der Waals surface area contributed by atoms with Crippen molar-refractivity contribution in [3.05, 3.63) is 52.7 Å². The topological polar surface area (TPSA) is 80.5 Å². The third-order valence-electron chi connectivity index (χ3n) is 3.96. The average Bonchev–Trinajstić information content (AvgIpc) is 2.63. The van der Waals surface area contributed by atoms with Crippen LogP contribution >= 0.6 is 11.6 Å². The van der Waals surface area contributed by atoms with E-state index in [0.29, 0.717) is 36.8 Å². The van der Waals surface area contributed by atoms with Gasteiger partial charge in [0.05, 0.1) is 11.1 Å². The van der Waals surface area contributed by atoms with E-state index in [0.717, 1.165) is 5.82 Å². The van der Waals surface area contributed by atoms with Crippen molar-refractivity contribution in [3.63, 3.8) is 0 Å². The molecule has 1 aromatic heterocycles. The fraction of sp³-hybridized carbons (Fsp3) is 0.235. The van der Waals surface area contributed by atoms with Gasteiger partial charge in [0, 0.05) is 37.4 Å². The number of hydrogen-bond acceptors (Lipinski definition) is 5. The number of aromatic nitrogens is 1. The van der Waals surface area contributed by atoms with Gasteiger partial charge in [-0.2, -0.15) is 5.26 Å². The third-order valence-corrected chi connectivity index (χ3v) is 4.19. The number of halogens is 1. The largest absolute Gasteiger partial charge is 0.507 e. The molecule has 3 rings (SSSR count). The highest BCUT2D eigenvalue weighted by Crippen LogP contribution is 2.24. The molecule has 1 saturated heterocycles. The maximum Gasteiger partial charge on any atom is 0.257 e. The molecule has 7 heteroatoms. The molecule has 6 nitrogen and oxygen atoms in total. The molecule has 0 bridgehead atoms.